The largest absolute Gasteiger partial charge is 0.293 e. The third kappa shape index (κ3) is 3.54. The van der Waals surface area contributed by atoms with E-state index in [9.17, 15) is 4.79 Å². The third-order valence-electron chi connectivity index (χ3n) is 3.66. The highest BCUT2D eigenvalue weighted by Crippen LogP contribution is 2.27. The zero-order valence-corrected chi connectivity index (χ0v) is 14.8. The van der Waals surface area contributed by atoms with Crippen LogP contribution < -0.4 is 0 Å². The zero-order chi connectivity index (χ0) is 16.4. The number of aromatic amines is 1. The van der Waals surface area contributed by atoms with Gasteiger partial charge in [-0.3, -0.25) is 9.89 Å². The average molecular weight is 343 g/mol. The van der Waals surface area contributed by atoms with Crippen LogP contribution in [0.4, 0.5) is 0 Å². The van der Waals surface area contributed by atoms with Crippen LogP contribution in [0.25, 0.3) is 10.7 Å². The molecular weight excluding hydrogens is 326 g/mol. The van der Waals surface area contributed by atoms with Crippen LogP contribution in [0.15, 0.2) is 40.9 Å². The van der Waals surface area contributed by atoms with E-state index in [-0.39, 0.29) is 11.0 Å². The first kappa shape index (κ1) is 16.0. The van der Waals surface area contributed by atoms with E-state index in [0.29, 0.717) is 5.16 Å². The van der Waals surface area contributed by atoms with Gasteiger partial charge in [-0.15, -0.1) is 16.4 Å². The Bertz CT molecular complexity index is 824. The van der Waals surface area contributed by atoms with Gasteiger partial charge in [-0.1, -0.05) is 30.0 Å². The summed E-state index contributed by atoms with van der Waals surface area (Å²) >= 11 is 2.98. The van der Waals surface area contributed by atoms with Gasteiger partial charge in [0, 0.05) is 5.56 Å². The Morgan fingerprint density at radius 3 is 2.78 bits per heavy atom. The Kier molecular flexibility index (Phi) is 4.63. The Morgan fingerprint density at radius 1 is 1.26 bits per heavy atom. The lowest BCUT2D eigenvalue weighted by atomic mass is 10.0. The van der Waals surface area contributed by atoms with Crippen molar-refractivity contribution in [2.75, 3.05) is 0 Å². The average Bonchev–Trinajstić information content (AvgIpc) is 3.20. The summed E-state index contributed by atoms with van der Waals surface area (Å²) in [5.74, 6) is 0.842. The molecule has 1 aromatic carbocycles. The molecule has 118 valence electrons. The van der Waals surface area contributed by atoms with E-state index >= 15 is 0 Å². The molecule has 0 saturated carbocycles. The van der Waals surface area contributed by atoms with Crippen LogP contribution in [0.3, 0.4) is 0 Å². The number of nitrogens with zero attached hydrogens (tertiary/aromatic N) is 2. The number of nitrogens with one attached hydrogen (secondary N) is 1. The maximum atomic E-state index is 12.6. The molecule has 2 heterocycles. The molecule has 0 aliphatic heterocycles. The fraction of sp³-hybridized carbons (Fsp3) is 0.235. The maximum Gasteiger partial charge on any atom is 0.209 e. The number of Topliss-reactive ketones (excluding diaryl/α,β-unsaturated/α-hetero) is 1. The molecule has 0 unspecified atom stereocenters. The highest BCUT2D eigenvalue weighted by molar-refractivity contribution is 8.00. The second-order valence-electron chi connectivity index (χ2n) is 5.37. The Hall–Kier alpha value is -1.92. The highest BCUT2D eigenvalue weighted by Gasteiger charge is 2.19. The predicted octanol–water partition coefficient (Wildman–Crippen LogP) is 4.51. The monoisotopic (exact) mass is 343 g/mol. The summed E-state index contributed by atoms with van der Waals surface area (Å²) in [7, 11) is 0. The smallest absolute Gasteiger partial charge is 0.209 e. The zero-order valence-electron chi connectivity index (χ0n) is 13.2. The Morgan fingerprint density at radius 2 is 2.09 bits per heavy atom. The standard InChI is InChI=1S/C17H17N3OS2/c1-10-6-7-13(9-11(10)2)15(21)12(3)23-17-18-16(19-20-17)14-5-4-8-22-14/h4-9,12H,1-3H3,(H,18,19,20)/t12-/m1/s1. The van der Waals surface area contributed by atoms with Crippen LogP contribution in [-0.2, 0) is 0 Å². The molecule has 1 N–H and O–H groups in total. The van der Waals surface area contributed by atoms with Crippen molar-refractivity contribution in [1.29, 1.82) is 0 Å². The molecule has 0 aliphatic rings. The summed E-state index contributed by atoms with van der Waals surface area (Å²) in [5.41, 5.74) is 3.06. The van der Waals surface area contributed by atoms with Gasteiger partial charge in [0.15, 0.2) is 11.6 Å². The summed E-state index contributed by atoms with van der Waals surface area (Å²) < 4.78 is 0. The van der Waals surface area contributed by atoms with Gasteiger partial charge in [-0.2, -0.15) is 0 Å². The molecule has 0 fully saturated rings. The van der Waals surface area contributed by atoms with Crippen LogP contribution in [0.5, 0.6) is 0 Å². The summed E-state index contributed by atoms with van der Waals surface area (Å²) in [6, 6.07) is 9.78. The summed E-state index contributed by atoms with van der Waals surface area (Å²) in [4.78, 5) is 18.1. The van der Waals surface area contributed by atoms with Crippen LogP contribution in [0.1, 0.15) is 28.4 Å². The lowest BCUT2D eigenvalue weighted by Crippen LogP contribution is -2.14. The number of benzene rings is 1. The second kappa shape index (κ2) is 6.68. The number of ketones is 1. The van der Waals surface area contributed by atoms with E-state index in [4.69, 9.17) is 0 Å². The molecule has 0 amide bonds. The Labute approximate surface area is 143 Å². The first-order valence-corrected chi connectivity index (χ1v) is 9.05. The fourth-order valence-electron chi connectivity index (χ4n) is 2.16. The number of thioether (sulfide) groups is 1. The van der Waals surface area contributed by atoms with E-state index in [1.165, 1.54) is 17.3 Å². The van der Waals surface area contributed by atoms with Gasteiger partial charge >= 0.3 is 0 Å². The minimum Gasteiger partial charge on any atom is -0.293 e. The number of hydrogen-bond acceptors (Lipinski definition) is 5. The van der Waals surface area contributed by atoms with E-state index in [1.807, 2.05) is 56.5 Å². The van der Waals surface area contributed by atoms with Gasteiger partial charge in [0.25, 0.3) is 0 Å². The fourth-order valence-corrected chi connectivity index (χ4v) is 3.63. The van der Waals surface area contributed by atoms with Crippen LogP contribution >= 0.6 is 23.1 Å². The first-order valence-electron chi connectivity index (χ1n) is 7.29. The van der Waals surface area contributed by atoms with Gasteiger partial charge in [0.1, 0.15) is 0 Å². The third-order valence-corrected chi connectivity index (χ3v) is 5.50. The number of carbonyl (C=O) groups is 1. The first-order chi connectivity index (χ1) is 11.0. The molecule has 23 heavy (non-hydrogen) atoms. The second-order valence-corrected chi connectivity index (χ2v) is 7.62. The number of H-pyrrole nitrogens is 1. The summed E-state index contributed by atoms with van der Waals surface area (Å²) in [5, 5.41) is 9.49. The van der Waals surface area contributed by atoms with Gasteiger partial charge < -0.3 is 0 Å². The van der Waals surface area contributed by atoms with Crippen molar-refractivity contribution in [1.82, 2.24) is 15.2 Å². The van der Waals surface area contributed by atoms with E-state index in [0.717, 1.165) is 21.8 Å². The van der Waals surface area contributed by atoms with Gasteiger partial charge in [0.05, 0.1) is 10.1 Å². The molecular formula is C17H17N3OS2. The van der Waals surface area contributed by atoms with Crippen LogP contribution in [0.2, 0.25) is 0 Å². The molecule has 0 spiro atoms. The number of aromatic nitrogens is 3. The van der Waals surface area contributed by atoms with E-state index < -0.39 is 0 Å². The minimum absolute atomic E-state index is 0.0978. The molecule has 2 aromatic heterocycles. The minimum atomic E-state index is -0.232. The van der Waals surface area contributed by atoms with Crippen molar-refractivity contribution in [3.05, 3.63) is 52.4 Å². The van der Waals surface area contributed by atoms with E-state index in [1.54, 1.807) is 11.3 Å². The number of rotatable bonds is 5. The maximum absolute atomic E-state index is 12.6. The van der Waals surface area contributed by atoms with Crippen molar-refractivity contribution in [2.24, 2.45) is 0 Å². The number of hydrogen-bond donors (Lipinski definition) is 1. The lowest BCUT2D eigenvalue weighted by molar-refractivity contribution is 0.0994. The molecule has 4 nitrogen and oxygen atoms in total. The van der Waals surface area contributed by atoms with Crippen LogP contribution in [0, 0.1) is 13.8 Å². The van der Waals surface area contributed by atoms with Crippen LogP contribution in [-0.4, -0.2) is 26.2 Å². The summed E-state index contributed by atoms with van der Waals surface area (Å²) in [6.07, 6.45) is 0. The van der Waals surface area contributed by atoms with Gasteiger partial charge in [-0.25, -0.2) is 4.98 Å². The lowest BCUT2D eigenvalue weighted by Gasteiger charge is -2.09. The molecule has 0 aliphatic carbocycles. The molecule has 0 radical (unpaired) electrons. The number of aryl methyl sites for hydroxylation is 2. The molecule has 3 rings (SSSR count). The van der Waals surface area contributed by atoms with Crippen molar-refractivity contribution in [2.45, 2.75) is 31.2 Å². The van der Waals surface area contributed by atoms with Crippen molar-refractivity contribution >= 4 is 28.9 Å². The highest BCUT2D eigenvalue weighted by atomic mass is 32.2. The SMILES string of the molecule is Cc1ccc(C(=O)[C@@H](C)Sc2n[nH]c(-c3cccs3)n2)cc1C. The van der Waals surface area contributed by atoms with E-state index in [2.05, 4.69) is 15.2 Å². The predicted molar refractivity (Wildman–Crippen MR) is 95.3 cm³/mol. The quantitative estimate of drug-likeness (QED) is 0.547. The normalized spacial score (nSPS) is 12.3. The topological polar surface area (TPSA) is 58.6 Å². The molecule has 3 aromatic rings. The van der Waals surface area contributed by atoms with Gasteiger partial charge in [-0.05, 0) is 49.4 Å². The summed E-state index contributed by atoms with van der Waals surface area (Å²) in [6.45, 7) is 5.96. The van der Waals surface area contributed by atoms with Crippen molar-refractivity contribution < 1.29 is 4.79 Å². The molecule has 6 heteroatoms. The van der Waals surface area contributed by atoms with Crippen molar-refractivity contribution in [3.63, 3.8) is 0 Å². The van der Waals surface area contributed by atoms with Crippen molar-refractivity contribution in [3.8, 4) is 10.7 Å². The molecule has 0 saturated heterocycles. The van der Waals surface area contributed by atoms with Gasteiger partial charge in [0.2, 0.25) is 5.16 Å². The molecule has 0 bridgehead atoms. The number of thiophene rings is 1. The Balaban J connectivity index is 1.72. The number of carbonyl (C=O) groups excluding carboxylic acids is 1. The molecule has 1 atom stereocenters.